The summed E-state index contributed by atoms with van der Waals surface area (Å²) in [6, 6.07) is 15.9. The summed E-state index contributed by atoms with van der Waals surface area (Å²) >= 11 is 0. The van der Waals surface area contributed by atoms with E-state index in [1.807, 2.05) is 52.3 Å². The van der Waals surface area contributed by atoms with E-state index in [4.69, 9.17) is 0 Å². The summed E-state index contributed by atoms with van der Waals surface area (Å²) in [4.78, 5) is 28.1. The van der Waals surface area contributed by atoms with Gasteiger partial charge < -0.3 is 9.80 Å². The molecule has 0 radical (unpaired) electrons. The number of carbonyl (C=O) groups excluding carboxylic acids is 2. The Labute approximate surface area is 141 Å². The molecule has 2 amide bonds. The van der Waals surface area contributed by atoms with Crippen LogP contribution in [0.3, 0.4) is 0 Å². The third-order valence-electron chi connectivity index (χ3n) is 4.86. The highest BCUT2D eigenvalue weighted by Gasteiger charge is 2.24. The summed E-state index contributed by atoms with van der Waals surface area (Å²) in [6.07, 6.45) is 2.88. The largest absolute Gasteiger partial charge is 0.312 e. The molecule has 0 aliphatic carbocycles. The van der Waals surface area contributed by atoms with E-state index in [-0.39, 0.29) is 11.8 Å². The quantitative estimate of drug-likeness (QED) is 0.872. The molecule has 122 valence electrons. The lowest BCUT2D eigenvalue weighted by Gasteiger charge is -2.18. The number of hydrogen-bond acceptors (Lipinski definition) is 2. The Kier molecular flexibility index (Phi) is 3.81. The van der Waals surface area contributed by atoms with Gasteiger partial charge in [0.1, 0.15) is 0 Å². The Morgan fingerprint density at radius 3 is 2.50 bits per heavy atom. The lowest BCUT2D eigenvalue weighted by molar-refractivity contribution is -0.118. The molecule has 24 heavy (non-hydrogen) atoms. The van der Waals surface area contributed by atoms with Crippen LogP contribution in [-0.4, -0.2) is 24.9 Å². The number of nitrogens with zero attached hydrogens (tertiary/aromatic N) is 2. The molecule has 0 saturated carbocycles. The second-order valence-corrected chi connectivity index (χ2v) is 6.42. The van der Waals surface area contributed by atoms with Crippen molar-refractivity contribution >= 4 is 23.2 Å². The van der Waals surface area contributed by atoms with E-state index in [0.717, 1.165) is 42.9 Å². The van der Waals surface area contributed by atoms with Crippen molar-refractivity contribution in [1.29, 1.82) is 0 Å². The van der Waals surface area contributed by atoms with Crippen molar-refractivity contribution in [2.24, 2.45) is 0 Å². The molecule has 2 aromatic carbocycles. The molecule has 1 fully saturated rings. The summed E-state index contributed by atoms with van der Waals surface area (Å²) in [5.74, 6) is 0.317. The summed E-state index contributed by atoms with van der Waals surface area (Å²) in [7, 11) is 0. The molecule has 2 aliphatic heterocycles. The van der Waals surface area contributed by atoms with E-state index < -0.39 is 0 Å². The van der Waals surface area contributed by atoms with Crippen LogP contribution in [0.25, 0.3) is 0 Å². The highest BCUT2D eigenvalue weighted by Crippen LogP contribution is 2.28. The maximum absolute atomic E-state index is 12.6. The molecular weight excluding hydrogens is 300 g/mol. The van der Waals surface area contributed by atoms with Crippen LogP contribution in [0.4, 0.5) is 11.4 Å². The van der Waals surface area contributed by atoms with Gasteiger partial charge in [0.25, 0.3) is 0 Å². The maximum Gasteiger partial charge on any atom is 0.231 e. The minimum absolute atomic E-state index is 0.130. The third-order valence-corrected chi connectivity index (χ3v) is 4.86. The van der Waals surface area contributed by atoms with E-state index in [1.54, 1.807) is 0 Å². The van der Waals surface area contributed by atoms with Gasteiger partial charge in [-0.25, -0.2) is 0 Å². The number of benzene rings is 2. The Balaban J connectivity index is 1.46. The molecule has 0 unspecified atom stereocenters. The fourth-order valence-electron chi connectivity index (χ4n) is 3.58. The van der Waals surface area contributed by atoms with E-state index in [9.17, 15) is 9.59 Å². The Bertz CT molecular complexity index is 782. The molecule has 2 heterocycles. The maximum atomic E-state index is 12.6. The number of anilines is 2. The summed E-state index contributed by atoms with van der Waals surface area (Å²) in [5.41, 5.74) is 4.20. The topological polar surface area (TPSA) is 40.6 Å². The predicted octanol–water partition coefficient (Wildman–Crippen LogP) is 2.95. The molecule has 0 N–H and O–H groups in total. The molecule has 4 rings (SSSR count). The van der Waals surface area contributed by atoms with Crippen molar-refractivity contribution in [2.45, 2.75) is 25.7 Å². The SMILES string of the molecule is O=C1CCCN1c1ccc(CC(=O)N2CCc3ccccc32)cc1. The number of hydrogen-bond donors (Lipinski definition) is 0. The molecule has 0 spiro atoms. The standard InChI is InChI=1S/C20H20N2O2/c23-19-6-3-12-21(19)17-9-7-15(8-10-17)14-20(24)22-13-11-16-4-1-2-5-18(16)22/h1-2,4-5,7-10H,3,6,11-14H2. The Hall–Kier alpha value is -2.62. The Morgan fingerprint density at radius 1 is 0.958 bits per heavy atom. The van der Waals surface area contributed by atoms with Crippen LogP contribution >= 0.6 is 0 Å². The molecule has 0 atom stereocenters. The van der Waals surface area contributed by atoms with Gasteiger partial charge in [0.15, 0.2) is 0 Å². The van der Waals surface area contributed by atoms with Crippen LogP contribution in [0.1, 0.15) is 24.0 Å². The van der Waals surface area contributed by atoms with Gasteiger partial charge in [-0.3, -0.25) is 9.59 Å². The predicted molar refractivity (Wildman–Crippen MR) is 94.2 cm³/mol. The zero-order valence-electron chi connectivity index (χ0n) is 13.6. The first-order chi connectivity index (χ1) is 11.7. The minimum Gasteiger partial charge on any atom is -0.312 e. The van der Waals surface area contributed by atoms with Gasteiger partial charge in [0.2, 0.25) is 11.8 Å². The first-order valence-electron chi connectivity index (χ1n) is 8.50. The lowest BCUT2D eigenvalue weighted by atomic mass is 10.1. The monoisotopic (exact) mass is 320 g/mol. The second kappa shape index (κ2) is 6.11. The van der Waals surface area contributed by atoms with Crippen LogP contribution in [0.2, 0.25) is 0 Å². The number of para-hydroxylation sites is 1. The van der Waals surface area contributed by atoms with Crippen molar-refractivity contribution < 1.29 is 9.59 Å². The van der Waals surface area contributed by atoms with E-state index >= 15 is 0 Å². The van der Waals surface area contributed by atoms with Crippen LogP contribution in [0.5, 0.6) is 0 Å². The van der Waals surface area contributed by atoms with Crippen LogP contribution < -0.4 is 9.80 Å². The fourth-order valence-corrected chi connectivity index (χ4v) is 3.58. The van der Waals surface area contributed by atoms with E-state index in [1.165, 1.54) is 5.56 Å². The summed E-state index contributed by atoms with van der Waals surface area (Å²) < 4.78 is 0. The second-order valence-electron chi connectivity index (χ2n) is 6.42. The highest BCUT2D eigenvalue weighted by molar-refractivity contribution is 5.97. The van der Waals surface area contributed by atoms with Gasteiger partial charge >= 0.3 is 0 Å². The Morgan fingerprint density at radius 2 is 1.75 bits per heavy atom. The number of carbonyl (C=O) groups is 2. The van der Waals surface area contributed by atoms with Gasteiger partial charge in [-0.2, -0.15) is 0 Å². The smallest absolute Gasteiger partial charge is 0.231 e. The molecule has 0 aromatic heterocycles. The van der Waals surface area contributed by atoms with Gasteiger partial charge in [-0.1, -0.05) is 30.3 Å². The summed E-state index contributed by atoms with van der Waals surface area (Å²) in [6.45, 7) is 1.56. The fraction of sp³-hybridized carbons (Fsp3) is 0.300. The first kappa shape index (κ1) is 14.9. The molecule has 4 heteroatoms. The lowest BCUT2D eigenvalue weighted by Crippen LogP contribution is -2.30. The number of fused-ring (bicyclic) bond motifs is 1. The van der Waals surface area contributed by atoms with Crippen LogP contribution in [0, 0.1) is 0 Å². The van der Waals surface area contributed by atoms with Gasteiger partial charge in [0.05, 0.1) is 6.42 Å². The summed E-state index contributed by atoms with van der Waals surface area (Å²) in [5, 5.41) is 0. The van der Waals surface area contributed by atoms with Gasteiger partial charge in [-0.15, -0.1) is 0 Å². The first-order valence-corrected chi connectivity index (χ1v) is 8.50. The normalized spacial score (nSPS) is 16.6. The molecule has 1 saturated heterocycles. The van der Waals surface area contributed by atoms with Crippen molar-refractivity contribution in [3.8, 4) is 0 Å². The molecule has 2 aliphatic rings. The molecule has 0 bridgehead atoms. The average Bonchev–Trinajstić information content (AvgIpc) is 3.22. The van der Waals surface area contributed by atoms with Crippen molar-refractivity contribution in [2.75, 3.05) is 22.9 Å². The zero-order chi connectivity index (χ0) is 16.5. The minimum atomic E-state index is 0.130. The van der Waals surface area contributed by atoms with Gasteiger partial charge in [0, 0.05) is 30.9 Å². The third kappa shape index (κ3) is 2.68. The zero-order valence-corrected chi connectivity index (χ0v) is 13.6. The van der Waals surface area contributed by atoms with Gasteiger partial charge in [-0.05, 0) is 42.2 Å². The molecular formula is C20H20N2O2. The average molecular weight is 320 g/mol. The van der Waals surface area contributed by atoms with Crippen molar-refractivity contribution in [3.05, 3.63) is 59.7 Å². The number of rotatable bonds is 3. The van der Waals surface area contributed by atoms with E-state index in [2.05, 4.69) is 6.07 Å². The van der Waals surface area contributed by atoms with Crippen molar-refractivity contribution in [1.82, 2.24) is 0 Å². The van der Waals surface area contributed by atoms with Crippen LogP contribution in [0.15, 0.2) is 48.5 Å². The van der Waals surface area contributed by atoms with Crippen LogP contribution in [-0.2, 0) is 22.4 Å². The van der Waals surface area contributed by atoms with E-state index in [0.29, 0.717) is 12.8 Å². The highest BCUT2D eigenvalue weighted by atomic mass is 16.2. The van der Waals surface area contributed by atoms with Crippen molar-refractivity contribution in [3.63, 3.8) is 0 Å². The molecule has 2 aromatic rings. The molecule has 4 nitrogen and oxygen atoms in total. The number of amides is 2.